The molecule has 0 spiro atoms. The lowest BCUT2D eigenvalue weighted by atomic mass is 10.1. The minimum Gasteiger partial charge on any atom is -0.495 e. The van der Waals surface area contributed by atoms with E-state index in [0.29, 0.717) is 5.02 Å². The molecule has 0 saturated carbocycles. The second-order valence-electron chi connectivity index (χ2n) is 6.77. The van der Waals surface area contributed by atoms with E-state index in [0.717, 1.165) is 25.2 Å². The van der Waals surface area contributed by atoms with Gasteiger partial charge in [-0.1, -0.05) is 42.3 Å². The molecule has 2 aromatic rings. The summed E-state index contributed by atoms with van der Waals surface area (Å²) < 4.78 is 33.0. The van der Waals surface area contributed by atoms with E-state index in [4.69, 9.17) is 16.3 Å². The summed E-state index contributed by atoms with van der Waals surface area (Å²) in [6.45, 7) is 3.47. The molecular formula is C20H25ClN2O3S. The molecule has 146 valence electrons. The van der Waals surface area contributed by atoms with Gasteiger partial charge in [-0.15, -0.1) is 0 Å². The lowest BCUT2D eigenvalue weighted by molar-refractivity contribution is 0.221. The van der Waals surface area contributed by atoms with Crippen LogP contribution in [0, 0.1) is 0 Å². The van der Waals surface area contributed by atoms with E-state index in [1.165, 1.54) is 38.0 Å². The van der Waals surface area contributed by atoms with Crippen LogP contribution in [0.5, 0.6) is 5.75 Å². The second-order valence-corrected chi connectivity index (χ2v) is 8.94. The van der Waals surface area contributed by atoms with Crippen LogP contribution in [0.15, 0.2) is 47.4 Å². The maximum Gasteiger partial charge on any atom is 0.244 e. The maximum absolute atomic E-state index is 12.6. The lowest BCUT2D eigenvalue weighted by Gasteiger charge is -2.26. The molecule has 3 rings (SSSR count). The van der Waals surface area contributed by atoms with Crippen molar-refractivity contribution in [1.82, 2.24) is 9.62 Å². The van der Waals surface area contributed by atoms with E-state index in [1.54, 1.807) is 12.1 Å². The third-order valence-electron chi connectivity index (χ3n) is 4.76. The number of halogens is 1. The smallest absolute Gasteiger partial charge is 0.244 e. The van der Waals surface area contributed by atoms with Gasteiger partial charge >= 0.3 is 0 Å². The van der Waals surface area contributed by atoms with Crippen molar-refractivity contribution >= 4 is 21.6 Å². The summed E-state index contributed by atoms with van der Waals surface area (Å²) in [6.07, 6.45) is 3.87. The van der Waals surface area contributed by atoms with E-state index in [1.807, 2.05) is 12.1 Å². The van der Waals surface area contributed by atoms with Crippen molar-refractivity contribution in [3.05, 3.63) is 58.6 Å². The SMILES string of the molecule is COc1ccc(Cl)cc1S(=O)(=O)NCc1ccc(CN2CCCCC2)cc1. The predicted octanol–water partition coefficient (Wildman–Crippen LogP) is 3.81. The molecule has 1 fully saturated rings. The molecule has 0 radical (unpaired) electrons. The molecule has 1 heterocycles. The van der Waals surface area contributed by atoms with E-state index < -0.39 is 10.0 Å². The number of nitrogens with one attached hydrogen (secondary N) is 1. The van der Waals surface area contributed by atoms with Crippen LogP contribution in [-0.4, -0.2) is 33.5 Å². The zero-order chi connectivity index (χ0) is 19.3. The fourth-order valence-corrected chi connectivity index (χ4v) is 4.70. The summed E-state index contributed by atoms with van der Waals surface area (Å²) in [6, 6.07) is 12.6. The molecular weight excluding hydrogens is 384 g/mol. The highest BCUT2D eigenvalue weighted by atomic mass is 35.5. The summed E-state index contributed by atoms with van der Waals surface area (Å²) in [4.78, 5) is 2.51. The largest absolute Gasteiger partial charge is 0.495 e. The van der Waals surface area contributed by atoms with Crippen LogP contribution in [0.3, 0.4) is 0 Å². The number of methoxy groups -OCH3 is 1. The van der Waals surface area contributed by atoms with Gasteiger partial charge in [0, 0.05) is 18.1 Å². The van der Waals surface area contributed by atoms with Crippen LogP contribution in [0.25, 0.3) is 0 Å². The second kappa shape index (κ2) is 9.06. The van der Waals surface area contributed by atoms with Gasteiger partial charge in [0.15, 0.2) is 0 Å². The first kappa shape index (κ1) is 20.1. The van der Waals surface area contributed by atoms with Crippen LogP contribution in [0.4, 0.5) is 0 Å². The summed E-state index contributed by atoms with van der Waals surface area (Å²) in [7, 11) is -2.29. The normalized spacial score (nSPS) is 15.6. The summed E-state index contributed by atoms with van der Waals surface area (Å²) in [5.41, 5.74) is 2.15. The molecule has 0 aromatic heterocycles. The van der Waals surface area contributed by atoms with Gasteiger partial charge in [-0.3, -0.25) is 4.90 Å². The molecule has 0 bridgehead atoms. The van der Waals surface area contributed by atoms with Crippen molar-refractivity contribution in [1.29, 1.82) is 0 Å². The third-order valence-corrected chi connectivity index (χ3v) is 6.42. The van der Waals surface area contributed by atoms with Gasteiger partial charge in [0.25, 0.3) is 0 Å². The number of rotatable bonds is 7. The van der Waals surface area contributed by atoms with Crippen LogP contribution in [-0.2, 0) is 23.1 Å². The summed E-state index contributed by atoms with van der Waals surface area (Å²) in [5.74, 6) is 0.267. The van der Waals surface area contributed by atoms with Crippen molar-refractivity contribution in [2.24, 2.45) is 0 Å². The standard InChI is InChI=1S/C20H25ClN2O3S/c1-26-19-10-9-18(21)13-20(19)27(24,25)22-14-16-5-7-17(8-6-16)15-23-11-3-2-4-12-23/h5-10,13,22H,2-4,11-12,14-15H2,1H3. The minimum atomic E-state index is -3.72. The highest BCUT2D eigenvalue weighted by Crippen LogP contribution is 2.27. The zero-order valence-corrected chi connectivity index (χ0v) is 17.0. The Morgan fingerprint density at radius 2 is 1.70 bits per heavy atom. The number of piperidine rings is 1. The molecule has 5 nitrogen and oxygen atoms in total. The number of ether oxygens (including phenoxy) is 1. The van der Waals surface area contributed by atoms with E-state index in [2.05, 4.69) is 21.8 Å². The number of hydrogen-bond acceptors (Lipinski definition) is 4. The van der Waals surface area contributed by atoms with E-state index >= 15 is 0 Å². The van der Waals surface area contributed by atoms with E-state index in [-0.39, 0.29) is 17.2 Å². The molecule has 0 unspecified atom stereocenters. The molecule has 1 saturated heterocycles. The summed E-state index contributed by atoms with van der Waals surface area (Å²) >= 11 is 5.94. The third kappa shape index (κ3) is 5.45. The number of sulfonamides is 1. The Labute approximate surface area is 166 Å². The van der Waals surface area contributed by atoms with Gasteiger partial charge < -0.3 is 4.74 Å². The molecule has 2 aromatic carbocycles. The molecule has 0 atom stereocenters. The van der Waals surface area contributed by atoms with Crippen molar-refractivity contribution in [2.75, 3.05) is 20.2 Å². The van der Waals surface area contributed by atoms with Gasteiger partial charge in [-0.2, -0.15) is 0 Å². The first-order valence-corrected chi connectivity index (χ1v) is 11.0. The highest BCUT2D eigenvalue weighted by Gasteiger charge is 2.19. The first-order chi connectivity index (χ1) is 13.0. The average molecular weight is 409 g/mol. The molecule has 1 aliphatic heterocycles. The van der Waals surface area contributed by atoms with Gasteiger partial charge in [0.05, 0.1) is 7.11 Å². The molecule has 7 heteroatoms. The predicted molar refractivity (Wildman–Crippen MR) is 108 cm³/mol. The van der Waals surface area contributed by atoms with Crippen molar-refractivity contribution in [3.8, 4) is 5.75 Å². The lowest BCUT2D eigenvalue weighted by Crippen LogP contribution is -2.29. The van der Waals surface area contributed by atoms with Crippen molar-refractivity contribution in [3.63, 3.8) is 0 Å². The Balaban J connectivity index is 1.63. The summed E-state index contributed by atoms with van der Waals surface area (Å²) in [5, 5.41) is 0.346. The Hall–Kier alpha value is -1.60. The fourth-order valence-electron chi connectivity index (χ4n) is 3.25. The number of likely N-dealkylation sites (tertiary alicyclic amines) is 1. The number of benzene rings is 2. The quantitative estimate of drug-likeness (QED) is 0.756. The van der Waals surface area contributed by atoms with Crippen LogP contribution in [0.2, 0.25) is 5.02 Å². The van der Waals surface area contributed by atoms with Crippen molar-refractivity contribution in [2.45, 2.75) is 37.2 Å². The molecule has 1 N–H and O–H groups in total. The van der Waals surface area contributed by atoms with Gasteiger partial charge in [-0.25, -0.2) is 13.1 Å². The molecule has 0 aliphatic carbocycles. The van der Waals surface area contributed by atoms with E-state index in [9.17, 15) is 8.42 Å². The van der Waals surface area contributed by atoms with Crippen LogP contribution < -0.4 is 9.46 Å². The fraction of sp³-hybridized carbons (Fsp3) is 0.400. The van der Waals surface area contributed by atoms with Crippen LogP contribution in [0.1, 0.15) is 30.4 Å². The monoisotopic (exact) mass is 408 g/mol. The molecule has 1 aliphatic rings. The van der Waals surface area contributed by atoms with Crippen LogP contribution >= 0.6 is 11.6 Å². The number of nitrogens with zero attached hydrogens (tertiary/aromatic N) is 1. The zero-order valence-electron chi connectivity index (χ0n) is 15.4. The minimum absolute atomic E-state index is 0.0409. The first-order valence-electron chi connectivity index (χ1n) is 9.11. The Bertz CT molecular complexity index is 863. The molecule has 27 heavy (non-hydrogen) atoms. The maximum atomic E-state index is 12.6. The highest BCUT2D eigenvalue weighted by molar-refractivity contribution is 7.89. The van der Waals surface area contributed by atoms with Crippen molar-refractivity contribution < 1.29 is 13.2 Å². The van der Waals surface area contributed by atoms with Gasteiger partial charge in [0.2, 0.25) is 10.0 Å². The van der Waals surface area contributed by atoms with Gasteiger partial charge in [0.1, 0.15) is 10.6 Å². The Morgan fingerprint density at radius 3 is 2.37 bits per heavy atom. The Morgan fingerprint density at radius 1 is 1.04 bits per heavy atom. The Kier molecular flexibility index (Phi) is 6.76. The average Bonchev–Trinajstić information content (AvgIpc) is 2.68. The van der Waals surface area contributed by atoms with Gasteiger partial charge in [-0.05, 0) is 55.3 Å². The topological polar surface area (TPSA) is 58.6 Å². The molecule has 0 amide bonds. The number of hydrogen-bond donors (Lipinski definition) is 1.